The first-order valence-corrected chi connectivity index (χ1v) is 7.17. The van der Waals surface area contributed by atoms with E-state index in [1.807, 2.05) is 30.3 Å². The van der Waals surface area contributed by atoms with Gasteiger partial charge in [-0.05, 0) is 5.56 Å². The molecule has 0 spiro atoms. The van der Waals surface area contributed by atoms with Crippen LogP contribution in [0.1, 0.15) is 5.56 Å². The van der Waals surface area contributed by atoms with Crippen LogP contribution in [-0.2, 0) is 20.8 Å². The smallest absolute Gasteiger partial charge is 0.184 e. The Morgan fingerprint density at radius 3 is 2.55 bits per heavy atom. The lowest BCUT2D eigenvalue weighted by molar-refractivity contribution is -0.295. The molecule has 0 aliphatic carbocycles. The highest BCUT2D eigenvalue weighted by atomic mass is 16.7. The Kier molecular flexibility index (Phi) is 6.50. The van der Waals surface area contributed by atoms with Gasteiger partial charge in [0.05, 0.1) is 19.8 Å². The highest BCUT2D eigenvalue weighted by Crippen LogP contribution is 2.23. The van der Waals surface area contributed by atoms with E-state index in [-0.39, 0.29) is 13.2 Å². The monoisotopic (exact) mass is 310 g/mol. The van der Waals surface area contributed by atoms with E-state index >= 15 is 0 Å². The molecule has 0 radical (unpaired) electrons. The fourth-order valence-corrected chi connectivity index (χ4v) is 2.30. The van der Waals surface area contributed by atoms with Gasteiger partial charge in [-0.1, -0.05) is 36.4 Å². The average molecular weight is 310 g/mol. The lowest BCUT2D eigenvalue weighted by atomic mass is 9.99. The summed E-state index contributed by atoms with van der Waals surface area (Å²) in [4.78, 5) is 0. The minimum absolute atomic E-state index is 0.0772. The topological polar surface area (TPSA) is 88.4 Å². The molecule has 5 atom stereocenters. The second-order valence-electron chi connectivity index (χ2n) is 5.13. The van der Waals surface area contributed by atoms with Gasteiger partial charge in [-0.3, -0.25) is 0 Å². The molecule has 6 nitrogen and oxygen atoms in total. The number of aliphatic hydroxyl groups is 3. The molecular weight excluding hydrogens is 288 g/mol. The van der Waals surface area contributed by atoms with Crippen molar-refractivity contribution in [3.05, 3.63) is 48.6 Å². The molecule has 22 heavy (non-hydrogen) atoms. The van der Waals surface area contributed by atoms with E-state index in [0.717, 1.165) is 5.56 Å². The van der Waals surface area contributed by atoms with Crippen molar-refractivity contribution in [2.45, 2.75) is 37.3 Å². The number of aliphatic hydroxyl groups excluding tert-OH is 3. The lowest BCUT2D eigenvalue weighted by Gasteiger charge is -2.40. The van der Waals surface area contributed by atoms with Gasteiger partial charge in [0.25, 0.3) is 0 Å². The molecule has 1 aliphatic heterocycles. The van der Waals surface area contributed by atoms with Crippen molar-refractivity contribution in [3.8, 4) is 0 Å². The van der Waals surface area contributed by atoms with E-state index in [9.17, 15) is 15.3 Å². The summed E-state index contributed by atoms with van der Waals surface area (Å²) < 4.78 is 16.0. The quantitative estimate of drug-likeness (QED) is 0.624. The van der Waals surface area contributed by atoms with Gasteiger partial charge < -0.3 is 29.5 Å². The van der Waals surface area contributed by atoms with Crippen LogP contribution in [0.5, 0.6) is 0 Å². The first-order valence-electron chi connectivity index (χ1n) is 7.17. The molecule has 1 heterocycles. The van der Waals surface area contributed by atoms with Crippen molar-refractivity contribution < 1.29 is 29.5 Å². The van der Waals surface area contributed by atoms with Crippen LogP contribution in [0.3, 0.4) is 0 Å². The zero-order valence-corrected chi connectivity index (χ0v) is 12.2. The van der Waals surface area contributed by atoms with Crippen LogP contribution in [0.2, 0.25) is 0 Å². The maximum Gasteiger partial charge on any atom is 0.184 e. The number of hydrogen-bond donors (Lipinski definition) is 3. The fourth-order valence-electron chi connectivity index (χ4n) is 2.30. The molecule has 1 saturated heterocycles. The predicted molar refractivity (Wildman–Crippen MR) is 78.9 cm³/mol. The highest BCUT2D eigenvalue weighted by Gasteiger charge is 2.44. The Bertz CT molecular complexity index is 451. The van der Waals surface area contributed by atoms with Crippen LogP contribution in [0.4, 0.5) is 0 Å². The van der Waals surface area contributed by atoms with Crippen LogP contribution >= 0.6 is 0 Å². The normalized spacial score (nSPS) is 31.9. The maximum atomic E-state index is 10.2. The third kappa shape index (κ3) is 4.36. The molecule has 1 aromatic rings. The van der Waals surface area contributed by atoms with Crippen molar-refractivity contribution in [1.82, 2.24) is 0 Å². The standard InChI is InChI=1S/C16H22O6/c1-2-8-21-15-13(17)12(22-16(19)14(15)18)10-20-9-11-6-4-3-5-7-11/h2-7,12-19H,1,8-10H2. The summed E-state index contributed by atoms with van der Waals surface area (Å²) in [5.41, 5.74) is 0.993. The summed E-state index contributed by atoms with van der Waals surface area (Å²) in [6, 6.07) is 9.57. The molecule has 1 aliphatic rings. The summed E-state index contributed by atoms with van der Waals surface area (Å²) in [5.74, 6) is 0. The van der Waals surface area contributed by atoms with Crippen molar-refractivity contribution in [2.24, 2.45) is 0 Å². The molecule has 0 amide bonds. The SMILES string of the molecule is C=CCOC1C(O)C(O)OC(COCc2ccccc2)C1O. The Morgan fingerprint density at radius 2 is 1.86 bits per heavy atom. The first-order chi connectivity index (χ1) is 10.6. The van der Waals surface area contributed by atoms with E-state index in [1.54, 1.807) is 0 Å². The van der Waals surface area contributed by atoms with Crippen LogP contribution in [-0.4, -0.2) is 59.2 Å². The summed E-state index contributed by atoms with van der Waals surface area (Å²) >= 11 is 0. The van der Waals surface area contributed by atoms with Gasteiger partial charge in [-0.25, -0.2) is 0 Å². The van der Waals surface area contributed by atoms with Gasteiger partial charge in [-0.2, -0.15) is 0 Å². The zero-order chi connectivity index (χ0) is 15.9. The first kappa shape index (κ1) is 17.1. The molecule has 1 fully saturated rings. The van der Waals surface area contributed by atoms with Gasteiger partial charge in [0, 0.05) is 0 Å². The van der Waals surface area contributed by atoms with Crippen LogP contribution in [0.15, 0.2) is 43.0 Å². The molecule has 2 rings (SSSR count). The Labute approximate surface area is 129 Å². The van der Waals surface area contributed by atoms with Crippen molar-refractivity contribution >= 4 is 0 Å². The van der Waals surface area contributed by atoms with Crippen molar-refractivity contribution in [1.29, 1.82) is 0 Å². The lowest BCUT2D eigenvalue weighted by Crippen LogP contribution is -2.59. The van der Waals surface area contributed by atoms with Crippen molar-refractivity contribution in [2.75, 3.05) is 13.2 Å². The maximum absolute atomic E-state index is 10.2. The second-order valence-corrected chi connectivity index (χ2v) is 5.13. The van der Waals surface area contributed by atoms with Gasteiger partial charge in [-0.15, -0.1) is 6.58 Å². The average Bonchev–Trinajstić information content (AvgIpc) is 2.53. The molecule has 5 unspecified atom stereocenters. The van der Waals surface area contributed by atoms with E-state index in [2.05, 4.69) is 6.58 Å². The third-order valence-electron chi connectivity index (χ3n) is 3.46. The molecule has 0 bridgehead atoms. The fraction of sp³-hybridized carbons (Fsp3) is 0.500. The minimum atomic E-state index is -1.43. The Morgan fingerprint density at radius 1 is 1.14 bits per heavy atom. The summed E-state index contributed by atoms with van der Waals surface area (Å²) in [5, 5.41) is 29.7. The van der Waals surface area contributed by atoms with Gasteiger partial charge in [0.1, 0.15) is 24.4 Å². The predicted octanol–water partition coefficient (Wildman–Crippen LogP) is 0.213. The Balaban J connectivity index is 1.87. The molecule has 1 aromatic carbocycles. The number of hydrogen-bond acceptors (Lipinski definition) is 6. The van der Waals surface area contributed by atoms with Crippen LogP contribution < -0.4 is 0 Å². The van der Waals surface area contributed by atoms with Crippen molar-refractivity contribution in [3.63, 3.8) is 0 Å². The highest BCUT2D eigenvalue weighted by molar-refractivity contribution is 5.13. The second kappa shape index (κ2) is 8.38. The largest absolute Gasteiger partial charge is 0.387 e. The van der Waals surface area contributed by atoms with E-state index < -0.39 is 30.7 Å². The zero-order valence-electron chi connectivity index (χ0n) is 12.2. The number of ether oxygens (including phenoxy) is 3. The number of benzene rings is 1. The molecule has 3 N–H and O–H groups in total. The van der Waals surface area contributed by atoms with Gasteiger partial charge >= 0.3 is 0 Å². The third-order valence-corrected chi connectivity index (χ3v) is 3.46. The van der Waals surface area contributed by atoms with Gasteiger partial charge in [0.15, 0.2) is 6.29 Å². The minimum Gasteiger partial charge on any atom is -0.387 e. The van der Waals surface area contributed by atoms with E-state index in [4.69, 9.17) is 14.2 Å². The van der Waals surface area contributed by atoms with E-state index in [0.29, 0.717) is 6.61 Å². The Hall–Kier alpha value is -1.28. The molecule has 0 aromatic heterocycles. The molecule has 0 saturated carbocycles. The number of rotatable bonds is 7. The van der Waals surface area contributed by atoms with Gasteiger partial charge in [0.2, 0.25) is 0 Å². The van der Waals surface area contributed by atoms with E-state index in [1.165, 1.54) is 6.08 Å². The summed E-state index contributed by atoms with van der Waals surface area (Å²) in [6.45, 7) is 4.11. The van der Waals surface area contributed by atoms with Crippen LogP contribution in [0, 0.1) is 0 Å². The summed E-state index contributed by atoms with van der Waals surface area (Å²) in [6.07, 6.45) is -4.08. The van der Waals surface area contributed by atoms with Crippen LogP contribution in [0.25, 0.3) is 0 Å². The molecule has 122 valence electrons. The molecule has 6 heteroatoms. The molecular formula is C16H22O6. The summed E-state index contributed by atoms with van der Waals surface area (Å²) in [7, 11) is 0.